The van der Waals surface area contributed by atoms with E-state index in [1.54, 1.807) is 0 Å². The molecule has 2 aromatic rings. The van der Waals surface area contributed by atoms with E-state index in [1.807, 2.05) is 31.2 Å². The van der Waals surface area contributed by atoms with E-state index in [2.05, 4.69) is 34.9 Å². The number of aliphatic carboxylic acids is 1. The van der Waals surface area contributed by atoms with Crippen LogP contribution in [-0.4, -0.2) is 55.1 Å². The minimum atomic E-state index is -0.954. The maximum Gasteiger partial charge on any atom is 0.407 e. The molecule has 1 aliphatic carbocycles. The van der Waals surface area contributed by atoms with Gasteiger partial charge in [-0.15, -0.1) is 0 Å². The van der Waals surface area contributed by atoms with E-state index in [4.69, 9.17) is 14.6 Å². The van der Waals surface area contributed by atoms with E-state index in [-0.39, 0.29) is 25.1 Å². The van der Waals surface area contributed by atoms with Crippen LogP contribution in [0.2, 0.25) is 0 Å². The van der Waals surface area contributed by atoms with Crippen molar-refractivity contribution in [3.05, 3.63) is 59.7 Å². The molecule has 0 saturated carbocycles. The van der Waals surface area contributed by atoms with Gasteiger partial charge in [0.1, 0.15) is 6.61 Å². The minimum absolute atomic E-state index is 0.00501. The molecule has 1 aliphatic heterocycles. The van der Waals surface area contributed by atoms with Crippen molar-refractivity contribution in [3.8, 4) is 11.1 Å². The first-order valence-corrected chi connectivity index (χ1v) is 9.66. The molecule has 1 heterocycles. The Morgan fingerprint density at radius 1 is 1.14 bits per heavy atom. The van der Waals surface area contributed by atoms with Crippen LogP contribution in [0.1, 0.15) is 24.0 Å². The zero-order valence-corrected chi connectivity index (χ0v) is 16.2. The maximum absolute atomic E-state index is 12.4. The first-order chi connectivity index (χ1) is 14.0. The monoisotopic (exact) mass is 396 g/mol. The fraction of sp³-hybridized carbons (Fsp3) is 0.364. The molecular formula is C22H24N2O5. The summed E-state index contributed by atoms with van der Waals surface area (Å²) >= 11 is 0. The van der Waals surface area contributed by atoms with E-state index in [9.17, 15) is 9.59 Å². The van der Waals surface area contributed by atoms with Crippen LogP contribution in [0, 0.1) is 0 Å². The lowest BCUT2D eigenvalue weighted by molar-refractivity contribution is -0.139. The number of carboxylic acid groups (broad SMARTS) is 1. The Morgan fingerprint density at radius 2 is 1.72 bits per heavy atom. The number of rotatable bonds is 7. The van der Waals surface area contributed by atoms with E-state index in [0.717, 1.165) is 11.1 Å². The highest BCUT2D eigenvalue weighted by atomic mass is 16.5. The second-order valence-electron chi connectivity index (χ2n) is 7.59. The van der Waals surface area contributed by atoms with E-state index >= 15 is 0 Å². The summed E-state index contributed by atoms with van der Waals surface area (Å²) in [5.41, 5.74) is 4.06. The summed E-state index contributed by atoms with van der Waals surface area (Å²) in [6, 6.07) is 16.0. The van der Waals surface area contributed by atoms with Crippen molar-refractivity contribution in [1.82, 2.24) is 10.6 Å². The summed E-state index contributed by atoms with van der Waals surface area (Å²) in [7, 11) is 0. The molecule has 1 saturated heterocycles. The Balaban J connectivity index is 1.39. The van der Waals surface area contributed by atoms with Crippen LogP contribution < -0.4 is 10.6 Å². The second kappa shape index (κ2) is 7.85. The van der Waals surface area contributed by atoms with Crippen molar-refractivity contribution in [2.75, 3.05) is 26.4 Å². The van der Waals surface area contributed by atoms with Crippen LogP contribution in [0.3, 0.4) is 0 Å². The van der Waals surface area contributed by atoms with Gasteiger partial charge in [-0.2, -0.15) is 0 Å². The molecule has 2 aromatic carbocycles. The van der Waals surface area contributed by atoms with Crippen LogP contribution in [0.4, 0.5) is 4.79 Å². The van der Waals surface area contributed by atoms with Gasteiger partial charge in [-0.1, -0.05) is 48.5 Å². The predicted octanol–water partition coefficient (Wildman–Crippen LogP) is 2.36. The summed E-state index contributed by atoms with van der Waals surface area (Å²) in [5, 5.41) is 14.7. The van der Waals surface area contributed by atoms with Crippen LogP contribution in [0.25, 0.3) is 11.1 Å². The van der Waals surface area contributed by atoms with Gasteiger partial charge in [0.05, 0.1) is 31.3 Å². The predicted molar refractivity (Wildman–Crippen MR) is 107 cm³/mol. The molecule has 29 heavy (non-hydrogen) atoms. The van der Waals surface area contributed by atoms with Gasteiger partial charge in [-0.3, -0.25) is 10.1 Å². The molecule has 4 rings (SSSR count). The van der Waals surface area contributed by atoms with Crippen molar-refractivity contribution < 1.29 is 24.2 Å². The number of hydrogen-bond donors (Lipinski definition) is 3. The Kier molecular flexibility index (Phi) is 5.25. The van der Waals surface area contributed by atoms with Crippen molar-refractivity contribution in [2.45, 2.75) is 24.4 Å². The van der Waals surface area contributed by atoms with Gasteiger partial charge >= 0.3 is 12.1 Å². The first kappa shape index (κ1) is 19.4. The number of carbonyl (C=O) groups is 2. The van der Waals surface area contributed by atoms with Gasteiger partial charge < -0.3 is 19.9 Å². The fourth-order valence-electron chi connectivity index (χ4n) is 4.03. The molecule has 0 bridgehead atoms. The number of nitrogens with one attached hydrogen (secondary N) is 2. The normalized spacial score (nSPS) is 17.6. The average Bonchev–Trinajstić information content (AvgIpc) is 2.99. The summed E-state index contributed by atoms with van der Waals surface area (Å²) in [4.78, 5) is 23.3. The number of alkyl carbamates (subject to hydrolysis) is 1. The molecule has 0 radical (unpaired) electrons. The molecule has 7 heteroatoms. The molecule has 1 atom stereocenters. The quantitative estimate of drug-likeness (QED) is 0.665. The molecule has 2 aliphatic rings. The topological polar surface area (TPSA) is 96.9 Å². The molecule has 0 aromatic heterocycles. The van der Waals surface area contributed by atoms with Crippen molar-refractivity contribution in [1.29, 1.82) is 0 Å². The van der Waals surface area contributed by atoms with Crippen LogP contribution in [0.5, 0.6) is 0 Å². The minimum Gasteiger partial charge on any atom is -0.480 e. The van der Waals surface area contributed by atoms with Crippen molar-refractivity contribution in [3.63, 3.8) is 0 Å². The van der Waals surface area contributed by atoms with Crippen molar-refractivity contribution >= 4 is 12.1 Å². The number of hydrogen-bond acceptors (Lipinski definition) is 5. The highest BCUT2D eigenvalue weighted by Gasteiger charge is 2.44. The maximum atomic E-state index is 12.4. The number of fused-ring (bicyclic) bond motifs is 3. The molecular weight excluding hydrogens is 372 g/mol. The number of ether oxygens (including phenoxy) is 2. The Morgan fingerprint density at radius 3 is 2.24 bits per heavy atom. The number of amides is 1. The standard InChI is InChI=1S/C22H24N2O5/c1-14(22(12-28-13-22)23-10-20(25)26)24-21(27)29-11-19-17-8-4-2-6-15(17)16-7-3-5-9-18(16)19/h2-9,14,19,23H,10-13H2,1H3,(H,24,27)(H,25,26)/t14-/m0/s1. The number of carboxylic acids is 1. The summed E-state index contributed by atoms with van der Waals surface area (Å²) in [5.74, 6) is -0.959. The van der Waals surface area contributed by atoms with Gasteiger partial charge in [0.2, 0.25) is 0 Å². The second-order valence-corrected chi connectivity index (χ2v) is 7.59. The highest BCUT2D eigenvalue weighted by Crippen LogP contribution is 2.44. The molecule has 1 amide bonds. The summed E-state index contributed by atoms with van der Waals surface area (Å²) < 4.78 is 10.8. The Hall–Kier alpha value is -2.90. The lowest BCUT2D eigenvalue weighted by atomic mass is 9.89. The SMILES string of the molecule is C[C@H](NC(=O)OCC1c2ccccc2-c2ccccc21)C1(NCC(=O)O)COC1. The van der Waals surface area contributed by atoms with Gasteiger partial charge in [0.25, 0.3) is 0 Å². The Bertz CT molecular complexity index is 879. The lowest BCUT2D eigenvalue weighted by Gasteiger charge is -2.46. The lowest BCUT2D eigenvalue weighted by Crippen LogP contribution is -2.71. The summed E-state index contributed by atoms with van der Waals surface area (Å²) in [6.45, 7) is 2.54. The molecule has 152 valence electrons. The average molecular weight is 396 g/mol. The molecule has 3 N–H and O–H groups in total. The van der Waals surface area contributed by atoms with Crippen molar-refractivity contribution in [2.24, 2.45) is 0 Å². The van der Waals surface area contributed by atoms with Gasteiger partial charge in [0.15, 0.2) is 0 Å². The first-order valence-electron chi connectivity index (χ1n) is 9.66. The van der Waals surface area contributed by atoms with E-state index < -0.39 is 17.6 Å². The highest BCUT2D eigenvalue weighted by molar-refractivity contribution is 5.79. The third kappa shape index (κ3) is 3.71. The van der Waals surface area contributed by atoms with Gasteiger partial charge in [-0.25, -0.2) is 4.79 Å². The molecule has 1 fully saturated rings. The van der Waals surface area contributed by atoms with Gasteiger partial charge in [-0.05, 0) is 29.2 Å². The van der Waals surface area contributed by atoms with E-state index in [0.29, 0.717) is 13.2 Å². The van der Waals surface area contributed by atoms with Crippen LogP contribution in [0.15, 0.2) is 48.5 Å². The number of benzene rings is 2. The number of carbonyl (C=O) groups excluding carboxylic acids is 1. The largest absolute Gasteiger partial charge is 0.480 e. The smallest absolute Gasteiger partial charge is 0.407 e. The Labute approximate surface area is 169 Å². The third-order valence-corrected chi connectivity index (χ3v) is 5.82. The van der Waals surface area contributed by atoms with Gasteiger partial charge in [0, 0.05) is 5.92 Å². The zero-order chi connectivity index (χ0) is 20.4. The summed E-state index contributed by atoms with van der Waals surface area (Å²) in [6.07, 6.45) is -0.525. The van der Waals surface area contributed by atoms with Crippen LogP contribution >= 0.6 is 0 Å². The van der Waals surface area contributed by atoms with E-state index in [1.165, 1.54) is 11.1 Å². The zero-order valence-electron chi connectivity index (χ0n) is 16.2. The fourth-order valence-corrected chi connectivity index (χ4v) is 4.03. The third-order valence-electron chi connectivity index (χ3n) is 5.82. The molecule has 7 nitrogen and oxygen atoms in total. The molecule has 0 unspecified atom stereocenters. The molecule has 0 spiro atoms. The van der Waals surface area contributed by atoms with Crippen LogP contribution in [-0.2, 0) is 14.3 Å².